The van der Waals surface area contributed by atoms with E-state index in [2.05, 4.69) is 0 Å². The summed E-state index contributed by atoms with van der Waals surface area (Å²) in [5, 5.41) is 0. The van der Waals surface area contributed by atoms with Gasteiger partial charge in [-0.1, -0.05) is 56.3 Å². The summed E-state index contributed by atoms with van der Waals surface area (Å²) in [6.45, 7) is 7.84. The average molecular weight is 556 g/mol. The molecule has 186 valence electrons. The van der Waals surface area contributed by atoms with Gasteiger partial charge in [0.25, 0.3) is 10.1 Å². The zero-order valence-electron chi connectivity index (χ0n) is 21.0. The van der Waals surface area contributed by atoms with Crippen molar-refractivity contribution in [2.75, 3.05) is 16.7 Å². The normalized spacial score (nSPS) is 19.5. The summed E-state index contributed by atoms with van der Waals surface area (Å²) in [4.78, 5) is 1.56. The summed E-state index contributed by atoms with van der Waals surface area (Å²) in [7, 11) is -8.87. The van der Waals surface area contributed by atoms with Crippen LogP contribution in [0.25, 0.3) is 0 Å². The Morgan fingerprint density at radius 3 is 2.14 bits per heavy atom. The van der Waals surface area contributed by atoms with Crippen LogP contribution in [-0.2, 0) is 31.1 Å². The largest absolute Gasteiger partial charge is 1.00 e. The van der Waals surface area contributed by atoms with Crippen LogP contribution in [0.2, 0.25) is 0 Å². The van der Waals surface area contributed by atoms with Crippen LogP contribution in [-0.4, -0.2) is 48.0 Å². The van der Waals surface area contributed by atoms with E-state index in [1.165, 1.54) is 4.58 Å². The van der Waals surface area contributed by atoms with Gasteiger partial charge in [-0.15, -0.1) is 0 Å². The Morgan fingerprint density at radius 2 is 1.53 bits per heavy atom. The van der Waals surface area contributed by atoms with Crippen LogP contribution in [0, 0.1) is 0 Å². The fourth-order valence-electron chi connectivity index (χ4n) is 5.11. The molecule has 0 aromatic heterocycles. The molecule has 0 saturated heterocycles. The summed E-state index contributed by atoms with van der Waals surface area (Å²) in [6, 6.07) is 14.8. The summed E-state index contributed by atoms with van der Waals surface area (Å²) in [6.07, 6.45) is 5.25. The van der Waals surface area contributed by atoms with Crippen molar-refractivity contribution in [3.8, 4) is 0 Å². The average Bonchev–Trinajstić information content (AvgIpc) is 3.07. The predicted octanol–water partition coefficient (Wildman–Crippen LogP) is 0.653. The maximum atomic E-state index is 11.8. The van der Waals surface area contributed by atoms with Crippen molar-refractivity contribution in [2.24, 2.45) is 0 Å². The van der Waals surface area contributed by atoms with Gasteiger partial charge in [-0.05, 0) is 31.6 Å². The molecule has 0 saturated carbocycles. The summed E-state index contributed by atoms with van der Waals surface area (Å²) >= 11 is 0. The molecule has 0 amide bonds. The number of para-hydroxylation sites is 2. The first-order valence-corrected chi connectivity index (χ1v) is 14.2. The van der Waals surface area contributed by atoms with Gasteiger partial charge in [0.15, 0.2) is 21.7 Å². The number of hydrogen-bond donors (Lipinski definition) is 1. The van der Waals surface area contributed by atoms with E-state index >= 15 is 0 Å². The molecule has 0 radical (unpaired) electrons. The molecule has 2 aromatic carbocycles. The molecule has 0 unspecified atom stereocenters. The van der Waals surface area contributed by atoms with Crippen LogP contribution in [0.15, 0.2) is 72.5 Å². The zero-order chi connectivity index (χ0) is 25.8. The summed E-state index contributed by atoms with van der Waals surface area (Å²) in [5.74, 6) is -1.29. The molecule has 2 heterocycles. The molecule has 0 aliphatic carbocycles. The molecule has 1 N–H and O–H groups in total. The van der Waals surface area contributed by atoms with Crippen molar-refractivity contribution >= 4 is 37.3 Å². The van der Waals surface area contributed by atoms with Crippen LogP contribution in [0.5, 0.6) is 0 Å². The van der Waals surface area contributed by atoms with Crippen molar-refractivity contribution in [3.05, 3.63) is 83.6 Å². The molecule has 2 aromatic rings. The number of allylic oxidation sites excluding steroid dienone is 4. The van der Waals surface area contributed by atoms with Crippen LogP contribution in [0.4, 0.5) is 11.4 Å². The van der Waals surface area contributed by atoms with Gasteiger partial charge in [-0.3, -0.25) is 4.55 Å². The third-order valence-electron chi connectivity index (χ3n) is 6.69. The number of hydrogen-bond acceptors (Lipinski definition) is 6. The minimum absolute atomic E-state index is 0. The van der Waals surface area contributed by atoms with Crippen molar-refractivity contribution in [3.63, 3.8) is 0 Å². The summed E-state index contributed by atoms with van der Waals surface area (Å²) in [5.41, 5.74) is 3.33. The number of anilines is 1. The molecule has 2 aliphatic heterocycles. The van der Waals surface area contributed by atoms with Crippen LogP contribution in [0.3, 0.4) is 0 Å². The maximum Gasteiger partial charge on any atom is 1.00 e. The first-order valence-electron chi connectivity index (χ1n) is 11.0. The molecule has 36 heavy (non-hydrogen) atoms. The van der Waals surface area contributed by atoms with Crippen LogP contribution >= 0.6 is 0 Å². The van der Waals surface area contributed by atoms with Crippen LogP contribution < -0.4 is 56.3 Å². The van der Waals surface area contributed by atoms with Gasteiger partial charge in [0, 0.05) is 34.5 Å². The van der Waals surface area contributed by atoms with Gasteiger partial charge in [0.05, 0.1) is 5.41 Å². The Hall–Kier alpha value is -1.15. The van der Waals surface area contributed by atoms with Gasteiger partial charge in [0.2, 0.25) is 11.6 Å². The fraction of sp³-hybridized carbons (Fsp3) is 0.320. The first-order chi connectivity index (χ1) is 16.1. The quantitative estimate of drug-likeness (QED) is 0.316. The van der Waals surface area contributed by atoms with Crippen molar-refractivity contribution in [1.29, 1.82) is 0 Å². The van der Waals surface area contributed by atoms with E-state index in [1.807, 2.05) is 52.0 Å². The van der Waals surface area contributed by atoms with Gasteiger partial charge >= 0.3 is 51.4 Å². The smallest absolute Gasteiger partial charge is 0.743 e. The zero-order valence-corrected chi connectivity index (χ0v) is 25.7. The predicted molar refractivity (Wildman–Crippen MR) is 135 cm³/mol. The fourth-order valence-corrected chi connectivity index (χ4v) is 6.31. The van der Waals surface area contributed by atoms with E-state index in [0.717, 1.165) is 11.1 Å². The van der Waals surface area contributed by atoms with Gasteiger partial charge in [-0.25, -0.2) is 8.42 Å². The SMILES string of the molecule is CC1(C)C(/C=C/C=C2\N(CS(=O)(=O)O)c3ccccc3C2(C)C)=[N+](CS(=O)(=O)[O-])c2ccccc21.[K+]. The summed E-state index contributed by atoms with van der Waals surface area (Å²) < 4.78 is 69.8. The molecule has 2 aliphatic rings. The van der Waals surface area contributed by atoms with Gasteiger partial charge < -0.3 is 9.45 Å². The second kappa shape index (κ2) is 10.2. The number of fused-ring (bicyclic) bond motifs is 2. The Bertz CT molecular complexity index is 1510. The maximum absolute atomic E-state index is 11.8. The Morgan fingerprint density at radius 1 is 0.944 bits per heavy atom. The standard InChI is InChI=1S/C25H28N2O6S2.K/c1-24(2)18-10-5-7-12-20(18)26(16-34(28,29)30)22(24)14-9-15-23-25(3,4)19-11-6-8-13-21(19)27(23)17-35(31,32)33;/h5-15H,16-17H2,1-4H3,(H-,28,29,30,31,32,33);/q;+1. The van der Waals surface area contributed by atoms with Crippen molar-refractivity contribution < 1.29 is 81.9 Å². The number of rotatable bonds is 6. The second-order valence-electron chi connectivity index (χ2n) is 9.83. The molecule has 0 bridgehead atoms. The van der Waals surface area contributed by atoms with Crippen LogP contribution in [0.1, 0.15) is 38.8 Å². The molecular weight excluding hydrogens is 528 g/mol. The third kappa shape index (κ3) is 5.64. The van der Waals surface area contributed by atoms with E-state index in [4.69, 9.17) is 0 Å². The molecule has 11 heteroatoms. The van der Waals surface area contributed by atoms with E-state index in [9.17, 15) is 25.9 Å². The Kier molecular flexibility index (Phi) is 8.33. The molecule has 0 fully saturated rings. The second-order valence-corrected chi connectivity index (χ2v) is 12.6. The molecule has 0 atom stereocenters. The molecular formula is C25H28KN2O6S2+. The van der Waals surface area contributed by atoms with Crippen molar-refractivity contribution in [2.45, 2.75) is 38.5 Å². The first kappa shape index (κ1) is 29.4. The number of benzene rings is 2. The van der Waals surface area contributed by atoms with E-state index < -0.39 is 42.8 Å². The third-order valence-corrected chi connectivity index (χ3v) is 7.85. The molecule has 8 nitrogen and oxygen atoms in total. The van der Waals surface area contributed by atoms with Gasteiger partial charge in [-0.2, -0.15) is 13.0 Å². The Labute approximate surface area is 255 Å². The van der Waals surface area contributed by atoms with E-state index in [1.54, 1.807) is 47.4 Å². The van der Waals surface area contributed by atoms with Crippen molar-refractivity contribution in [1.82, 2.24) is 0 Å². The monoisotopic (exact) mass is 555 g/mol. The number of nitrogens with zero attached hydrogens (tertiary/aromatic N) is 2. The Balaban J connectivity index is 0.00000361. The topological polar surface area (TPSA) is 118 Å². The van der Waals surface area contributed by atoms with E-state index in [-0.39, 0.29) is 51.4 Å². The molecule has 0 spiro atoms. The molecule has 4 rings (SSSR count). The minimum Gasteiger partial charge on any atom is -0.743 e. The van der Waals surface area contributed by atoms with E-state index in [0.29, 0.717) is 22.8 Å². The van der Waals surface area contributed by atoms with Gasteiger partial charge in [0.1, 0.15) is 0 Å². The minimum atomic E-state index is -4.55.